The van der Waals surface area contributed by atoms with Crippen LogP contribution >= 0.6 is 0 Å². The Morgan fingerprint density at radius 3 is 2.23 bits per heavy atom. The maximum Gasteiger partial charge on any atom is 0.332 e. The third-order valence-corrected chi connectivity index (χ3v) is 1.96. The predicted octanol–water partition coefficient (Wildman–Crippen LogP) is -1.29. The van der Waals surface area contributed by atoms with Crippen LogP contribution in [0.15, 0.2) is 9.59 Å². The first-order valence-corrected chi connectivity index (χ1v) is 3.74. The lowest BCUT2D eigenvalue weighted by Crippen LogP contribution is -2.39. The summed E-state index contributed by atoms with van der Waals surface area (Å²) in [7, 11) is 4.50. The van der Waals surface area contributed by atoms with Gasteiger partial charge in [-0.15, -0.1) is 0 Å². The Labute approximate surface area is 74.6 Å². The van der Waals surface area contributed by atoms with Crippen LogP contribution in [0, 0.1) is 0 Å². The van der Waals surface area contributed by atoms with Crippen molar-refractivity contribution in [2.24, 2.45) is 14.1 Å². The summed E-state index contributed by atoms with van der Waals surface area (Å²) >= 11 is 0. The molecular formula is C7H12N4O2. The van der Waals surface area contributed by atoms with E-state index in [0.29, 0.717) is 0 Å². The lowest BCUT2D eigenvalue weighted by Gasteiger charge is -2.10. The molecular weight excluding hydrogens is 172 g/mol. The first-order chi connectivity index (χ1) is 6.00. The summed E-state index contributed by atoms with van der Waals surface area (Å²) in [5.41, 5.74) is 4.95. The smallest absolute Gasteiger partial charge is 0.332 e. The predicted molar refractivity (Wildman–Crippen MR) is 50.9 cm³/mol. The van der Waals surface area contributed by atoms with Crippen molar-refractivity contribution in [3.63, 3.8) is 0 Å². The van der Waals surface area contributed by atoms with Crippen LogP contribution in [-0.4, -0.2) is 16.2 Å². The maximum atomic E-state index is 11.4. The Hall–Kier alpha value is -1.72. The molecule has 0 aliphatic carbocycles. The molecule has 13 heavy (non-hydrogen) atoms. The van der Waals surface area contributed by atoms with Gasteiger partial charge in [0, 0.05) is 21.1 Å². The fourth-order valence-electron chi connectivity index (χ4n) is 1.09. The van der Waals surface area contributed by atoms with Crippen LogP contribution in [0.1, 0.15) is 0 Å². The molecule has 0 saturated heterocycles. The summed E-state index contributed by atoms with van der Waals surface area (Å²) in [4.78, 5) is 22.7. The zero-order chi connectivity index (χ0) is 10.2. The zero-order valence-corrected chi connectivity index (χ0v) is 7.79. The summed E-state index contributed by atoms with van der Waals surface area (Å²) in [6.45, 7) is 0. The summed E-state index contributed by atoms with van der Waals surface area (Å²) in [5.74, 6) is 0.149. The second-order valence-corrected chi connectivity index (χ2v) is 2.72. The highest BCUT2D eigenvalue weighted by molar-refractivity contribution is 5.59. The average Bonchev–Trinajstić information content (AvgIpc) is 2.13. The Morgan fingerprint density at radius 1 is 1.23 bits per heavy atom. The number of hydrogen-bond acceptors (Lipinski definition) is 4. The van der Waals surface area contributed by atoms with Gasteiger partial charge < -0.3 is 11.1 Å². The number of nitrogens with two attached hydrogens (primary N) is 1. The van der Waals surface area contributed by atoms with Crippen molar-refractivity contribution in [1.82, 2.24) is 9.13 Å². The summed E-state index contributed by atoms with van der Waals surface area (Å²) in [6.07, 6.45) is 0. The molecule has 72 valence electrons. The molecule has 6 heteroatoms. The number of aromatic nitrogens is 2. The van der Waals surface area contributed by atoms with Crippen LogP contribution in [0.3, 0.4) is 0 Å². The molecule has 1 aromatic heterocycles. The van der Waals surface area contributed by atoms with Gasteiger partial charge in [0.25, 0.3) is 5.56 Å². The van der Waals surface area contributed by atoms with Gasteiger partial charge in [0.15, 0.2) is 0 Å². The fourth-order valence-corrected chi connectivity index (χ4v) is 1.09. The second-order valence-electron chi connectivity index (χ2n) is 2.72. The Kier molecular flexibility index (Phi) is 2.14. The molecule has 0 bridgehead atoms. The molecule has 0 spiro atoms. The minimum absolute atomic E-state index is 0.149. The van der Waals surface area contributed by atoms with E-state index >= 15 is 0 Å². The molecule has 0 aromatic carbocycles. The van der Waals surface area contributed by atoms with Crippen molar-refractivity contribution in [1.29, 1.82) is 0 Å². The topological polar surface area (TPSA) is 82.0 Å². The minimum Gasteiger partial charge on any atom is -0.383 e. The normalized spacial score (nSPS) is 10.1. The van der Waals surface area contributed by atoms with Crippen molar-refractivity contribution in [2.45, 2.75) is 0 Å². The molecule has 0 unspecified atom stereocenters. The fraction of sp³-hybridized carbons (Fsp3) is 0.429. The van der Waals surface area contributed by atoms with Gasteiger partial charge in [-0.1, -0.05) is 0 Å². The number of nitrogens with zero attached hydrogens (tertiary/aromatic N) is 2. The van der Waals surface area contributed by atoms with Crippen LogP contribution in [0.25, 0.3) is 0 Å². The molecule has 0 atom stereocenters. The standard InChI is InChI=1S/C7H12N4O2/c1-9-4-5(8)10(2)7(13)11(3)6(4)12/h9H,8H2,1-3H3. The van der Waals surface area contributed by atoms with E-state index in [1.54, 1.807) is 7.05 Å². The van der Waals surface area contributed by atoms with Gasteiger partial charge in [-0.3, -0.25) is 13.9 Å². The summed E-state index contributed by atoms with van der Waals surface area (Å²) in [5, 5.41) is 2.65. The molecule has 1 rings (SSSR count). The van der Waals surface area contributed by atoms with Crippen LogP contribution < -0.4 is 22.3 Å². The van der Waals surface area contributed by atoms with Gasteiger partial charge in [-0.25, -0.2) is 4.79 Å². The number of rotatable bonds is 1. The summed E-state index contributed by atoms with van der Waals surface area (Å²) < 4.78 is 2.22. The number of hydrogen-bond donors (Lipinski definition) is 2. The average molecular weight is 184 g/mol. The molecule has 0 aliphatic rings. The molecule has 0 saturated carbocycles. The maximum absolute atomic E-state index is 11.4. The highest BCUT2D eigenvalue weighted by Crippen LogP contribution is 2.06. The van der Waals surface area contributed by atoms with Crippen LogP contribution in [0.4, 0.5) is 11.5 Å². The van der Waals surface area contributed by atoms with Crippen molar-refractivity contribution in [3.8, 4) is 0 Å². The van der Waals surface area contributed by atoms with E-state index in [1.807, 2.05) is 0 Å². The monoisotopic (exact) mass is 184 g/mol. The van der Waals surface area contributed by atoms with Crippen molar-refractivity contribution in [3.05, 3.63) is 20.8 Å². The molecule has 0 radical (unpaired) electrons. The van der Waals surface area contributed by atoms with Crippen molar-refractivity contribution in [2.75, 3.05) is 18.1 Å². The van der Waals surface area contributed by atoms with E-state index in [9.17, 15) is 9.59 Å². The molecule has 0 amide bonds. The van der Waals surface area contributed by atoms with E-state index in [0.717, 1.165) is 4.57 Å². The van der Waals surface area contributed by atoms with Gasteiger partial charge in [-0.05, 0) is 0 Å². The first-order valence-electron chi connectivity index (χ1n) is 3.74. The third kappa shape index (κ3) is 1.20. The largest absolute Gasteiger partial charge is 0.383 e. The number of nitrogens with one attached hydrogen (secondary N) is 1. The van der Waals surface area contributed by atoms with Gasteiger partial charge in [0.1, 0.15) is 11.5 Å². The van der Waals surface area contributed by atoms with Crippen LogP contribution in [-0.2, 0) is 14.1 Å². The van der Waals surface area contributed by atoms with Crippen molar-refractivity contribution < 1.29 is 0 Å². The SMILES string of the molecule is CNc1c(N)n(C)c(=O)n(C)c1=O. The van der Waals surface area contributed by atoms with E-state index in [4.69, 9.17) is 5.73 Å². The van der Waals surface area contributed by atoms with Gasteiger partial charge in [0.05, 0.1) is 0 Å². The van der Waals surface area contributed by atoms with Crippen LogP contribution in [0.2, 0.25) is 0 Å². The van der Waals surface area contributed by atoms with Gasteiger partial charge >= 0.3 is 5.69 Å². The number of anilines is 2. The minimum atomic E-state index is -0.429. The van der Waals surface area contributed by atoms with E-state index in [2.05, 4.69) is 5.32 Å². The van der Waals surface area contributed by atoms with E-state index in [-0.39, 0.29) is 11.5 Å². The van der Waals surface area contributed by atoms with Crippen molar-refractivity contribution >= 4 is 11.5 Å². The van der Waals surface area contributed by atoms with Gasteiger partial charge in [-0.2, -0.15) is 0 Å². The molecule has 6 nitrogen and oxygen atoms in total. The zero-order valence-electron chi connectivity index (χ0n) is 7.79. The Balaban J connectivity index is 3.78. The second kappa shape index (κ2) is 2.96. The first kappa shape index (κ1) is 9.37. The van der Waals surface area contributed by atoms with Crippen LogP contribution in [0.5, 0.6) is 0 Å². The Morgan fingerprint density at radius 2 is 1.77 bits per heavy atom. The molecule has 0 aliphatic heterocycles. The number of nitrogen functional groups attached to an aromatic ring is 1. The third-order valence-electron chi connectivity index (χ3n) is 1.96. The molecule has 1 heterocycles. The quantitative estimate of drug-likeness (QED) is 0.569. The van der Waals surface area contributed by atoms with Gasteiger partial charge in [0.2, 0.25) is 0 Å². The Bertz CT molecular complexity index is 443. The highest BCUT2D eigenvalue weighted by Gasteiger charge is 2.10. The lowest BCUT2D eigenvalue weighted by molar-refractivity contribution is 0.696. The van der Waals surface area contributed by atoms with E-state index < -0.39 is 11.2 Å². The summed E-state index contributed by atoms with van der Waals surface area (Å²) in [6, 6.07) is 0. The molecule has 0 fully saturated rings. The molecule has 3 N–H and O–H groups in total. The molecule has 1 aromatic rings. The van der Waals surface area contributed by atoms with E-state index in [1.165, 1.54) is 18.7 Å². The lowest BCUT2D eigenvalue weighted by atomic mass is 10.4. The highest BCUT2D eigenvalue weighted by atomic mass is 16.2.